The van der Waals surface area contributed by atoms with Crippen LogP contribution in [0.2, 0.25) is 0 Å². The van der Waals surface area contributed by atoms with Gasteiger partial charge in [-0.15, -0.1) is 5.10 Å². The number of hydrogen-bond donors (Lipinski definition) is 0. The molecule has 0 aliphatic carbocycles. The lowest BCUT2D eigenvalue weighted by molar-refractivity contribution is -0.135. The van der Waals surface area contributed by atoms with Gasteiger partial charge >= 0.3 is 0 Å². The third kappa shape index (κ3) is 5.83. The van der Waals surface area contributed by atoms with Gasteiger partial charge in [-0.3, -0.25) is 9.59 Å². The topological polar surface area (TPSA) is 84.2 Å². The summed E-state index contributed by atoms with van der Waals surface area (Å²) in [5.74, 6) is -0.0977. The van der Waals surface area contributed by atoms with Crippen molar-refractivity contribution < 1.29 is 9.59 Å². The van der Waals surface area contributed by atoms with Crippen LogP contribution in [0.1, 0.15) is 25.3 Å². The number of benzene rings is 2. The fraction of sp³-hybridized carbons (Fsp3) is 0.400. The third-order valence-corrected chi connectivity index (χ3v) is 6.05. The number of aromatic nitrogens is 4. The van der Waals surface area contributed by atoms with E-state index in [9.17, 15) is 9.59 Å². The number of carbonyl (C=O) groups is 2. The van der Waals surface area contributed by atoms with Crippen LogP contribution in [0.4, 0.5) is 0 Å². The third-order valence-electron chi connectivity index (χ3n) is 6.05. The molecule has 1 aliphatic heterocycles. The molecule has 1 fully saturated rings. The summed E-state index contributed by atoms with van der Waals surface area (Å²) in [5.41, 5.74) is 3.39. The molecule has 2 aromatic carbocycles. The van der Waals surface area contributed by atoms with E-state index in [4.69, 9.17) is 0 Å². The number of amides is 2. The van der Waals surface area contributed by atoms with E-state index in [1.54, 1.807) is 4.68 Å². The molecule has 0 spiro atoms. The Balaban J connectivity index is 1.50. The highest BCUT2D eigenvalue weighted by Gasteiger charge is 2.32. The fourth-order valence-corrected chi connectivity index (χ4v) is 4.36. The average Bonchev–Trinajstić information content (AvgIpc) is 3.32. The first-order valence-electron chi connectivity index (χ1n) is 11.6. The summed E-state index contributed by atoms with van der Waals surface area (Å²) in [5, 5.41) is 11.1. The smallest absolute Gasteiger partial charge is 0.227 e. The zero-order valence-corrected chi connectivity index (χ0v) is 19.0. The van der Waals surface area contributed by atoms with Gasteiger partial charge in [-0.2, -0.15) is 0 Å². The van der Waals surface area contributed by atoms with E-state index < -0.39 is 0 Å². The van der Waals surface area contributed by atoms with E-state index in [1.165, 1.54) is 6.33 Å². The van der Waals surface area contributed by atoms with Gasteiger partial charge in [0.05, 0.1) is 12.5 Å². The van der Waals surface area contributed by atoms with Crippen LogP contribution in [-0.4, -0.2) is 68.0 Å². The maximum absolute atomic E-state index is 13.4. The Hall–Kier alpha value is -3.55. The van der Waals surface area contributed by atoms with Crippen molar-refractivity contribution in [3.05, 3.63) is 66.5 Å². The van der Waals surface area contributed by atoms with Crippen molar-refractivity contribution in [2.75, 3.05) is 26.2 Å². The maximum atomic E-state index is 13.4. The van der Waals surface area contributed by atoms with Crippen molar-refractivity contribution in [2.45, 2.75) is 32.7 Å². The van der Waals surface area contributed by atoms with Crippen LogP contribution in [0, 0.1) is 5.92 Å². The minimum atomic E-state index is -0.262. The number of carbonyl (C=O) groups excluding carboxylic acids is 2. The van der Waals surface area contributed by atoms with Crippen molar-refractivity contribution in [3.8, 4) is 11.1 Å². The molecule has 1 unspecified atom stereocenters. The van der Waals surface area contributed by atoms with Crippen LogP contribution in [0.3, 0.4) is 0 Å². The Morgan fingerprint density at radius 2 is 1.85 bits per heavy atom. The van der Waals surface area contributed by atoms with Gasteiger partial charge in [-0.1, -0.05) is 61.5 Å². The molecule has 1 atom stereocenters. The highest BCUT2D eigenvalue weighted by Crippen LogP contribution is 2.23. The molecule has 0 radical (unpaired) electrons. The van der Waals surface area contributed by atoms with Crippen molar-refractivity contribution >= 4 is 11.8 Å². The lowest BCUT2D eigenvalue weighted by Crippen LogP contribution is -2.38. The first kappa shape index (κ1) is 22.6. The normalized spacial score (nSPS) is 16.6. The Bertz CT molecular complexity index is 1050. The first-order chi connectivity index (χ1) is 16.1. The second-order valence-corrected chi connectivity index (χ2v) is 8.46. The van der Waals surface area contributed by atoms with Crippen LogP contribution >= 0.6 is 0 Å². The Morgan fingerprint density at radius 3 is 2.61 bits per heavy atom. The van der Waals surface area contributed by atoms with E-state index >= 15 is 0 Å². The quantitative estimate of drug-likeness (QED) is 0.531. The van der Waals surface area contributed by atoms with Crippen molar-refractivity contribution in [1.29, 1.82) is 0 Å². The van der Waals surface area contributed by atoms with Crippen LogP contribution < -0.4 is 0 Å². The van der Waals surface area contributed by atoms with Gasteiger partial charge in [-0.05, 0) is 40.0 Å². The van der Waals surface area contributed by atoms with Crippen LogP contribution in [0.5, 0.6) is 0 Å². The van der Waals surface area contributed by atoms with Gasteiger partial charge < -0.3 is 9.80 Å². The highest BCUT2D eigenvalue weighted by molar-refractivity contribution is 5.82. The minimum Gasteiger partial charge on any atom is -0.341 e. The van der Waals surface area contributed by atoms with Gasteiger partial charge in [0, 0.05) is 32.6 Å². The summed E-state index contributed by atoms with van der Waals surface area (Å²) in [6.45, 7) is 4.78. The summed E-state index contributed by atoms with van der Waals surface area (Å²) in [7, 11) is 0. The minimum absolute atomic E-state index is 0.0275. The molecule has 2 amide bonds. The molecule has 2 heterocycles. The lowest BCUT2D eigenvalue weighted by Gasteiger charge is -2.24. The zero-order chi connectivity index (χ0) is 23.0. The first-order valence-corrected chi connectivity index (χ1v) is 11.6. The van der Waals surface area contributed by atoms with Gasteiger partial charge in [0.25, 0.3) is 0 Å². The summed E-state index contributed by atoms with van der Waals surface area (Å²) in [4.78, 5) is 30.1. The fourth-order valence-electron chi connectivity index (χ4n) is 4.36. The molecule has 1 saturated heterocycles. The number of rotatable bonds is 8. The van der Waals surface area contributed by atoms with Crippen molar-refractivity contribution in [3.63, 3.8) is 0 Å². The summed E-state index contributed by atoms with van der Waals surface area (Å²) in [6.07, 6.45) is 3.32. The molecule has 1 aromatic heterocycles. The van der Waals surface area contributed by atoms with E-state index in [2.05, 4.69) is 52.8 Å². The SMILES string of the molecule is CCCN1CCN(C(=O)CCn2cnnn2)CC(Cc2cccc(-c3ccccc3)c2)C1=O. The van der Waals surface area contributed by atoms with Crippen molar-refractivity contribution in [2.24, 2.45) is 5.92 Å². The maximum Gasteiger partial charge on any atom is 0.227 e. The number of tetrazole rings is 1. The van der Waals surface area contributed by atoms with Crippen molar-refractivity contribution in [1.82, 2.24) is 30.0 Å². The van der Waals surface area contributed by atoms with Gasteiger partial charge in [0.15, 0.2) is 0 Å². The summed E-state index contributed by atoms with van der Waals surface area (Å²) < 4.78 is 1.55. The monoisotopic (exact) mass is 446 g/mol. The number of nitrogens with zero attached hydrogens (tertiary/aromatic N) is 6. The molecule has 0 N–H and O–H groups in total. The lowest BCUT2D eigenvalue weighted by atomic mass is 9.94. The second kappa shape index (κ2) is 10.8. The second-order valence-electron chi connectivity index (χ2n) is 8.46. The molecule has 172 valence electrons. The molecule has 0 bridgehead atoms. The molecule has 8 heteroatoms. The van der Waals surface area contributed by atoms with Gasteiger partial charge in [0.2, 0.25) is 11.8 Å². The van der Waals surface area contributed by atoms with E-state index in [-0.39, 0.29) is 17.7 Å². The molecule has 8 nitrogen and oxygen atoms in total. The number of hydrogen-bond acceptors (Lipinski definition) is 5. The highest BCUT2D eigenvalue weighted by atomic mass is 16.2. The van der Waals surface area contributed by atoms with Gasteiger partial charge in [0.1, 0.15) is 6.33 Å². The predicted molar refractivity (Wildman–Crippen MR) is 125 cm³/mol. The van der Waals surface area contributed by atoms with Gasteiger partial charge in [-0.25, -0.2) is 4.68 Å². The molecular weight excluding hydrogens is 416 g/mol. The van der Waals surface area contributed by atoms with Crippen LogP contribution in [0.25, 0.3) is 11.1 Å². The Kier molecular flexibility index (Phi) is 7.44. The zero-order valence-electron chi connectivity index (χ0n) is 19.0. The van der Waals surface area contributed by atoms with E-state index in [1.807, 2.05) is 34.1 Å². The molecule has 33 heavy (non-hydrogen) atoms. The van der Waals surface area contributed by atoms with Crippen LogP contribution in [-0.2, 0) is 22.6 Å². The molecule has 3 aromatic rings. The molecule has 4 rings (SSSR count). The Morgan fingerprint density at radius 1 is 1.03 bits per heavy atom. The number of aryl methyl sites for hydroxylation is 1. The average molecular weight is 447 g/mol. The van der Waals surface area contributed by atoms with Crippen LogP contribution in [0.15, 0.2) is 60.9 Å². The summed E-state index contributed by atoms with van der Waals surface area (Å²) >= 11 is 0. The molecule has 1 aliphatic rings. The standard InChI is InChI=1S/C25H30N6O2/c1-2-12-29-14-15-30(24(32)11-13-31-19-26-27-28-31)18-23(25(29)33)17-20-7-6-10-22(16-20)21-8-4-3-5-9-21/h3-10,16,19,23H,2,11-15,17-18H2,1H3. The summed E-state index contributed by atoms with van der Waals surface area (Å²) in [6, 6.07) is 18.6. The molecular formula is C25H30N6O2. The van der Waals surface area contributed by atoms with E-state index in [0.29, 0.717) is 45.6 Å². The largest absolute Gasteiger partial charge is 0.341 e. The molecule has 0 saturated carbocycles. The van der Waals surface area contributed by atoms with E-state index in [0.717, 1.165) is 23.1 Å². The Labute approximate surface area is 194 Å². The predicted octanol–water partition coefficient (Wildman–Crippen LogP) is 2.67.